The van der Waals surface area contributed by atoms with Crippen molar-refractivity contribution in [3.63, 3.8) is 0 Å². The van der Waals surface area contributed by atoms with Crippen LogP contribution in [-0.2, 0) is 4.79 Å². The van der Waals surface area contributed by atoms with Crippen LogP contribution in [0.1, 0.15) is 12.5 Å². The second-order valence-corrected chi connectivity index (χ2v) is 6.62. The molecule has 2 aromatic carbocycles. The fraction of sp³-hybridized carbons (Fsp3) is 0.381. The van der Waals surface area contributed by atoms with Gasteiger partial charge in [-0.1, -0.05) is 19.1 Å². The van der Waals surface area contributed by atoms with Gasteiger partial charge in [0.25, 0.3) is 5.91 Å². The summed E-state index contributed by atoms with van der Waals surface area (Å²) in [5, 5.41) is 2.88. The van der Waals surface area contributed by atoms with Crippen LogP contribution < -0.4 is 15.0 Å². The number of nitrogens with one attached hydrogen (secondary N) is 1. The summed E-state index contributed by atoms with van der Waals surface area (Å²) >= 11 is 0. The highest BCUT2D eigenvalue weighted by molar-refractivity contribution is 5.92. The third kappa shape index (κ3) is 4.99. The fourth-order valence-electron chi connectivity index (χ4n) is 3.13. The van der Waals surface area contributed by atoms with E-state index in [1.54, 1.807) is 0 Å². The van der Waals surface area contributed by atoms with Crippen molar-refractivity contribution in [1.29, 1.82) is 0 Å². The molecule has 1 heterocycles. The molecule has 0 saturated carbocycles. The zero-order valence-electron chi connectivity index (χ0n) is 15.6. The number of hydrogen-bond donors (Lipinski definition) is 1. The molecule has 138 valence electrons. The van der Waals surface area contributed by atoms with Crippen LogP contribution in [0.15, 0.2) is 48.5 Å². The van der Waals surface area contributed by atoms with E-state index in [2.05, 4.69) is 34.2 Å². The number of benzene rings is 2. The Bertz CT molecular complexity index is 722. The molecule has 1 aliphatic rings. The number of carbonyl (C=O) groups excluding carboxylic acids is 1. The molecule has 0 radical (unpaired) electrons. The molecule has 1 aliphatic heterocycles. The van der Waals surface area contributed by atoms with Crippen molar-refractivity contribution in [2.24, 2.45) is 0 Å². The lowest BCUT2D eigenvalue weighted by atomic mass is 10.2. The van der Waals surface area contributed by atoms with Gasteiger partial charge in [-0.2, -0.15) is 0 Å². The van der Waals surface area contributed by atoms with Crippen molar-refractivity contribution in [3.05, 3.63) is 54.1 Å². The maximum atomic E-state index is 12.1. The number of amides is 1. The summed E-state index contributed by atoms with van der Waals surface area (Å²) in [4.78, 5) is 16.9. The van der Waals surface area contributed by atoms with Gasteiger partial charge in [-0.15, -0.1) is 0 Å². The monoisotopic (exact) mass is 353 g/mol. The first kappa shape index (κ1) is 18.3. The van der Waals surface area contributed by atoms with Gasteiger partial charge in [0, 0.05) is 37.6 Å². The number of aryl methyl sites for hydroxylation is 1. The number of likely N-dealkylation sites (N-methyl/N-ethyl adjacent to an activating group) is 1. The number of hydrogen-bond acceptors (Lipinski definition) is 4. The Morgan fingerprint density at radius 1 is 1.08 bits per heavy atom. The van der Waals surface area contributed by atoms with Crippen LogP contribution >= 0.6 is 0 Å². The average Bonchev–Trinajstić information content (AvgIpc) is 2.67. The lowest BCUT2D eigenvalue weighted by Crippen LogP contribution is -2.46. The van der Waals surface area contributed by atoms with Gasteiger partial charge >= 0.3 is 0 Å². The van der Waals surface area contributed by atoms with Crippen LogP contribution in [0.25, 0.3) is 0 Å². The lowest BCUT2D eigenvalue weighted by Gasteiger charge is -2.35. The third-order valence-corrected chi connectivity index (χ3v) is 4.70. The molecule has 1 amide bonds. The third-order valence-electron chi connectivity index (χ3n) is 4.70. The van der Waals surface area contributed by atoms with Crippen LogP contribution in [0, 0.1) is 6.92 Å². The average molecular weight is 353 g/mol. The Hall–Kier alpha value is -2.53. The molecule has 1 N–H and O–H groups in total. The summed E-state index contributed by atoms with van der Waals surface area (Å²) in [7, 11) is 0. The Labute approximate surface area is 155 Å². The minimum atomic E-state index is -0.157. The highest BCUT2D eigenvalue weighted by Gasteiger charge is 2.15. The minimum absolute atomic E-state index is 0.00415. The van der Waals surface area contributed by atoms with Crippen molar-refractivity contribution in [1.82, 2.24) is 4.90 Å². The van der Waals surface area contributed by atoms with Crippen molar-refractivity contribution < 1.29 is 9.53 Å². The summed E-state index contributed by atoms with van der Waals surface area (Å²) in [5.74, 6) is 0.553. The molecule has 1 fully saturated rings. The molecular formula is C21H27N3O2. The molecule has 5 nitrogen and oxygen atoms in total. The van der Waals surface area contributed by atoms with Crippen LogP contribution in [0.5, 0.6) is 5.75 Å². The van der Waals surface area contributed by atoms with E-state index in [1.165, 1.54) is 5.69 Å². The van der Waals surface area contributed by atoms with Gasteiger partial charge in [-0.3, -0.25) is 4.79 Å². The number of anilines is 2. The van der Waals surface area contributed by atoms with Crippen LogP contribution in [0.3, 0.4) is 0 Å². The maximum Gasteiger partial charge on any atom is 0.262 e. The number of rotatable bonds is 6. The highest BCUT2D eigenvalue weighted by atomic mass is 16.5. The van der Waals surface area contributed by atoms with Gasteiger partial charge in [0.2, 0.25) is 0 Å². The van der Waals surface area contributed by atoms with Gasteiger partial charge in [0.05, 0.1) is 0 Å². The van der Waals surface area contributed by atoms with Crippen molar-refractivity contribution in [2.45, 2.75) is 13.8 Å². The Morgan fingerprint density at radius 2 is 1.81 bits per heavy atom. The van der Waals surface area contributed by atoms with E-state index in [9.17, 15) is 4.79 Å². The minimum Gasteiger partial charge on any atom is -0.484 e. The Morgan fingerprint density at radius 3 is 2.46 bits per heavy atom. The molecule has 26 heavy (non-hydrogen) atoms. The molecule has 5 heteroatoms. The summed E-state index contributed by atoms with van der Waals surface area (Å²) in [6.07, 6.45) is 0. The summed E-state index contributed by atoms with van der Waals surface area (Å²) < 4.78 is 5.54. The predicted octanol–water partition coefficient (Wildman–Crippen LogP) is 3.15. The van der Waals surface area contributed by atoms with Gasteiger partial charge in [0.1, 0.15) is 5.75 Å². The molecule has 2 aromatic rings. The largest absolute Gasteiger partial charge is 0.484 e. The standard InChI is InChI=1S/C21H27N3O2/c1-3-23-11-13-24(14-12-23)19-9-7-18(8-10-19)22-21(25)16-26-20-6-4-5-17(2)15-20/h4-10,15H,3,11-14,16H2,1-2H3,(H,22,25). The predicted molar refractivity (Wildman–Crippen MR) is 106 cm³/mol. The maximum absolute atomic E-state index is 12.1. The quantitative estimate of drug-likeness (QED) is 0.866. The normalized spacial score (nSPS) is 14.9. The van der Waals surface area contributed by atoms with E-state index in [0.29, 0.717) is 5.75 Å². The molecule has 0 atom stereocenters. The molecule has 0 unspecified atom stereocenters. The second kappa shape index (κ2) is 8.72. The van der Waals surface area contributed by atoms with E-state index in [1.807, 2.05) is 43.3 Å². The molecular weight excluding hydrogens is 326 g/mol. The van der Waals surface area contributed by atoms with Crippen LogP contribution in [0.2, 0.25) is 0 Å². The first-order chi connectivity index (χ1) is 12.6. The lowest BCUT2D eigenvalue weighted by molar-refractivity contribution is -0.118. The SMILES string of the molecule is CCN1CCN(c2ccc(NC(=O)COc3cccc(C)c3)cc2)CC1. The van der Waals surface area contributed by atoms with Crippen LogP contribution in [0.4, 0.5) is 11.4 Å². The first-order valence-electron chi connectivity index (χ1n) is 9.21. The van der Waals surface area contributed by atoms with Gasteiger partial charge in [-0.05, 0) is 55.4 Å². The molecule has 0 spiro atoms. The van der Waals surface area contributed by atoms with Crippen molar-refractivity contribution >= 4 is 17.3 Å². The zero-order chi connectivity index (χ0) is 18.4. The van der Waals surface area contributed by atoms with Crippen molar-refractivity contribution in [3.8, 4) is 5.75 Å². The van der Waals surface area contributed by atoms with Gasteiger partial charge in [-0.25, -0.2) is 0 Å². The number of nitrogens with zero attached hydrogens (tertiary/aromatic N) is 2. The smallest absolute Gasteiger partial charge is 0.262 e. The number of carbonyl (C=O) groups is 1. The highest BCUT2D eigenvalue weighted by Crippen LogP contribution is 2.19. The van der Waals surface area contributed by atoms with E-state index >= 15 is 0 Å². The van der Waals surface area contributed by atoms with E-state index in [4.69, 9.17) is 4.74 Å². The fourth-order valence-corrected chi connectivity index (χ4v) is 3.13. The molecule has 3 rings (SSSR count). The number of ether oxygens (including phenoxy) is 1. The molecule has 0 aliphatic carbocycles. The summed E-state index contributed by atoms with van der Waals surface area (Å²) in [5.41, 5.74) is 3.10. The van der Waals surface area contributed by atoms with E-state index < -0.39 is 0 Å². The first-order valence-corrected chi connectivity index (χ1v) is 9.21. The second-order valence-electron chi connectivity index (χ2n) is 6.62. The van der Waals surface area contributed by atoms with Gasteiger partial charge < -0.3 is 19.9 Å². The molecule has 0 aromatic heterocycles. The van der Waals surface area contributed by atoms with Gasteiger partial charge in [0.15, 0.2) is 6.61 Å². The van der Waals surface area contributed by atoms with Crippen molar-refractivity contribution in [2.75, 3.05) is 49.5 Å². The number of piperazine rings is 1. The topological polar surface area (TPSA) is 44.8 Å². The molecule has 1 saturated heterocycles. The summed E-state index contributed by atoms with van der Waals surface area (Å²) in [6.45, 7) is 9.62. The van der Waals surface area contributed by atoms with E-state index in [0.717, 1.165) is 44.0 Å². The van der Waals surface area contributed by atoms with Crippen LogP contribution in [-0.4, -0.2) is 50.1 Å². The molecule has 0 bridgehead atoms. The van der Waals surface area contributed by atoms with E-state index in [-0.39, 0.29) is 12.5 Å². The zero-order valence-corrected chi connectivity index (χ0v) is 15.6. The Kier molecular flexibility index (Phi) is 6.12. The Balaban J connectivity index is 1.48. The summed E-state index contributed by atoms with van der Waals surface area (Å²) in [6, 6.07) is 15.7.